The average molecular weight is 247 g/mol. The highest BCUT2D eigenvalue weighted by Gasteiger charge is 2.18. The number of fused-ring (bicyclic) bond motifs is 1. The Hall–Kier alpha value is -1.22. The minimum absolute atomic E-state index is 1.13. The number of unbranched alkanes of at least 4 members (excludes halogenated alkanes) is 2. The van der Waals surface area contributed by atoms with Gasteiger partial charge in [0.05, 0.1) is 11.4 Å². The minimum Gasteiger partial charge on any atom is -0.371 e. The first-order valence-electron chi connectivity index (χ1n) is 7.02. The van der Waals surface area contributed by atoms with Crippen LogP contribution in [0.3, 0.4) is 0 Å². The highest BCUT2D eigenvalue weighted by atomic mass is 15.2. The molecule has 3 nitrogen and oxygen atoms in total. The molecule has 0 aliphatic carbocycles. The molecule has 1 heterocycles. The molecule has 100 valence electrons. The van der Waals surface area contributed by atoms with E-state index < -0.39 is 0 Å². The van der Waals surface area contributed by atoms with Gasteiger partial charge in [-0.2, -0.15) is 0 Å². The second-order valence-corrected chi connectivity index (χ2v) is 5.06. The molecule has 2 rings (SSSR count). The van der Waals surface area contributed by atoms with Gasteiger partial charge in [0.25, 0.3) is 0 Å². The molecule has 0 saturated carbocycles. The Bertz CT molecular complexity index is 365. The Balaban J connectivity index is 1.89. The lowest BCUT2D eigenvalue weighted by atomic mass is 10.1. The lowest BCUT2D eigenvalue weighted by Gasteiger charge is -2.37. The van der Waals surface area contributed by atoms with E-state index in [0.29, 0.717) is 0 Å². The third-order valence-corrected chi connectivity index (χ3v) is 3.69. The van der Waals surface area contributed by atoms with Crippen molar-refractivity contribution in [2.24, 2.45) is 0 Å². The zero-order valence-electron chi connectivity index (χ0n) is 11.7. The number of benzene rings is 1. The van der Waals surface area contributed by atoms with Gasteiger partial charge in [-0.25, -0.2) is 0 Å². The monoisotopic (exact) mass is 247 g/mol. The second kappa shape index (κ2) is 6.64. The molecule has 0 radical (unpaired) electrons. The van der Waals surface area contributed by atoms with Crippen LogP contribution in [-0.2, 0) is 0 Å². The molecule has 1 N–H and O–H groups in total. The van der Waals surface area contributed by atoms with Crippen LogP contribution in [0.1, 0.15) is 19.3 Å². The van der Waals surface area contributed by atoms with Crippen LogP contribution >= 0.6 is 0 Å². The van der Waals surface area contributed by atoms with Crippen LogP contribution in [0, 0.1) is 0 Å². The van der Waals surface area contributed by atoms with Crippen LogP contribution in [0.25, 0.3) is 0 Å². The van der Waals surface area contributed by atoms with E-state index in [-0.39, 0.29) is 0 Å². The molecule has 1 aliphatic rings. The first-order valence-corrected chi connectivity index (χ1v) is 7.02. The maximum Gasteiger partial charge on any atom is 0.0604 e. The number of para-hydroxylation sites is 2. The summed E-state index contributed by atoms with van der Waals surface area (Å²) in [7, 11) is 4.21. The van der Waals surface area contributed by atoms with Crippen LogP contribution in [0.5, 0.6) is 0 Å². The second-order valence-electron chi connectivity index (χ2n) is 5.06. The standard InChI is InChI=1S/C15H25N3/c1-16-10-6-3-7-11-18-13-12-17(2)14-8-4-5-9-15(14)18/h4-5,8-9,16H,3,6-7,10-13H2,1-2H3. The van der Waals surface area contributed by atoms with E-state index >= 15 is 0 Å². The van der Waals surface area contributed by atoms with Crippen LogP contribution in [0.15, 0.2) is 24.3 Å². The predicted molar refractivity (Wildman–Crippen MR) is 79.7 cm³/mol. The van der Waals surface area contributed by atoms with E-state index in [2.05, 4.69) is 46.4 Å². The Morgan fingerprint density at radius 1 is 1.06 bits per heavy atom. The van der Waals surface area contributed by atoms with Crippen LogP contribution < -0.4 is 15.1 Å². The van der Waals surface area contributed by atoms with Gasteiger partial charge in [-0.1, -0.05) is 18.6 Å². The number of anilines is 2. The predicted octanol–water partition coefficient (Wildman–Crippen LogP) is 2.33. The Labute approximate surface area is 111 Å². The molecule has 0 bridgehead atoms. The normalized spacial score (nSPS) is 14.8. The number of rotatable bonds is 6. The Morgan fingerprint density at radius 2 is 1.83 bits per heavy atom. The molecule has 1 aromatic carbocycles. The summed E-state index contributed by atoms with van der Waals surface area (Å²) in [6.07, 6.45) is 3.89. The quantitative estimate of drug-likeness (QED) is 0.778. The number of nitrogens with zero attached hydrogens (tertiary/aromatic N) is 2. The largest absolute Gasteiger partial charge is 0.371 e. The smallest absolute Gasteiger partial charge is 0.0604 e. The Morgan fingerprint density at radius 3 is 2.61 bits per heavy atom. The van der Waals surface area contributed by atoms with Gasteiger partial charge in [0.15, 0.2) is 0 Å². The van der Waals surface area contributed by atoms with Crippen molar-refractivity contribution in [1.82, 2.24) is 5.32 Å². The van der Waals surface area contributed by atoms with Crippen LogP contribution in [0.2, 0.25) is 0 Å². The molecule has 1 aromatic rings. The Kier molecular flexibility index (Phi) is 4.88. The van der Waals surface area contributed by atoms with E-state index in [1.807, 2.05) is 7.05 Å². The molecule has 0 aromatic heterocycles. The summed E-state index contributed by atoms with van der Waals surface area (Å²) in [4.78, 5) is 4.89. The van der Waals surface area contributed by atoms with E-state index in [4.69, 9.17) is 0 Å². The van der Waals surface area contributed by atoms with Crippen LogP contribution in [0.4, 0.5) is 11.4 Å². The van der Waals surface area contributed by atoms with Crippen molar-refractivity contribution in [2.75, 3.05) is 50.1 Å². The number of hydrogen-bond donors (Lipinski definition) is 1. The van der Waals surface area contributed by atoms with E-state index in [0.717, 1.165) is 19.6 Å². The molecule has 0 saturated heterocycles. The maximum absolute atomic E-state index is 3.21. The summed E-state index contributed by atoms with van der Waals surface area (Å²) in [5.41, 5.74) is 2.78. The molecule has 0 atom stereocenters. The lowest BCUT2D eigenvalue weighted by Crippen LogP contribution is -2.39. The van der Waals surface area contributed by atoms with Gasteiger partial charge in [-0.15, -0.1) is 0 Å². The lowest BCUT2D eigenvalue weighted by molar-refractivity contribution is 0.620. The third-order valence-electron chi connectivity index (χ3n) is 3.69. The topological polar surface area (TPSA) is 18.5 Å². The number of hydrogen-bond acceptors (Lipinski definition) is 3. The van der Waals surface area contributed by atoms with Crippen LogP contribution in [-0.4, -0.2) is 40.3 Å². The molecule has 0 fully saturated rings. The molecule has 0 amide bonds. The van der Waals surface area contributed by atoms with Gasteiger partial charge >= 0.3 is 0 Å². The average Bonchev–Trinajstić information content (AvgIpc) is 2.41. The number of likely N-dealkylation sites (N-methyl/N-ethyl adjacent to an activating group) is 1. The fraction of sp³-hybridized carbons (Fsp3) is 0.600. The summed E-state index contributed by atoms with van der Waals surface area (Å²) >= 11 is 0. The van der Waals surface area contributed by atoms with Gasteiger partial charge < -0.3 is 15.1 Å². The van der Waals surface area contributed by atoms with Gasteiger partial charge in [0.1, 0.15) is 0 Å². The first-order chi connectivity index (χ1) is 8.83. The van der Waals surface area contributed by atoms with Gasteiger partial charge in [-0.05, 0) is 38.6 Å². The third kappa shape index (κ3) is 3.16. The first kappa shape index (κ1) is 13.2. The SMILES string of the molecule is CNCCCCCN1CCN(C)c2ccccc21. The summed E-state index contributed by atoms with van der Waals surface area (Å²) in [6, 6.07) is 8.75. The maximum atomic E-state index is 3.21. The minimum atomic E-state index is 1.13. The zero-order chi connectivity index (χ0) is 12.8. The van der Waals surface area contributed by atoms with Gasteiger partial charge in [0.2, 0.25) is 0 Å². The molecule has 0 unspecified atom stereocenters. The van der Waals surface area contributed by atoms with Crippen molar-refractivity contribution < 1.29 is 0 Å². The highest BCUT2D eigenvalue weighted by molar-refractivity contribution is 5.72. The summed E-state index contributed by atoms with van der Waals surface area (Å²) in [6.45, 7) is 4.61. The van der Waals surface area contributed by atoms with Crippen molar-refractivity contribution in [2.45, 2.75) is 19.3 Å². The van der Waals surface area contributed by atoms with E-state index in [9.17, 15) is 0 Å². The molecular formula is C15H25N3. The van der Waals surface area contributed by atoms with Crippen molar-refractivity contribution >= 4 is 11.4 Å². The molecule has 3 heteroatoms. The number of nitrogens with one attached hydrogen (secondary N) is 1. The van der Waals surface area contributed by atoms with E-state index in [1.165, 1.54) is 37.2 Å². The van der Waals surface area contributed by atoms with Crippen molar-refractivity contribution in [3.8, 4) is 0 Å². The molecule has 1 aliphatic heterocycles. The van der Waals surface area contributed by atoms with Gasteiger partial charge in [-0.3, -0.25) is 0 Å². The van der Waals surface area contributed by atoms with Crippen molar-refractivity contribution in [3.63, 3.8) is 0 Å². The van der Waals surface area contributed by atoms with Crippen molar-refractivity contribution in [1.29, 1.82) is 0 Å². The summed E-state index contributed by atoms with van der Waals surface area (Å²) < 4.78 is 0. The zero-order valence-corrected chi connectivity index (χ0v) is 11.7. The van der Waals surface area contributed by atoms with Crippen molar-refractivity contribution in [3.05, 3.63) is 24.3 Å². The summed E-state index contributed by atoms with van der Waals surface area (Å²) in [5, 5.41) is 3.21. The molecular weight excluding hydrogens is 222 g/mol. The molecule has 0 spiro atoms. The highest BCUT2D eigenvalue weighted by Crippen LogP contribution is 2.31. The summed E-state index contributed by atoms with van der Waals surface area (Å²) in [5.74, 6) is 0. The fourth-order valence-electron chi connectivity index (χ4n) is 2.58. The van der Waals surface area contributed by atoms with Gasteiger partial charge in [0, 0.05) is 26.7 Å². The molecule has 18 heavy (non-hydrogen) atoms. The van der Waals surface area contributed by atoms with E-state index in [1.54, 1.807) is 0 Å². The fourth-order valence-corrected chi connectivity index (χ4v) is 2.58.